The highest BCUT2D eigenvalue weighted by molar-refractivity contribution is 5.77. The molecule has 0 spiro atoms. The highest BCUT2D eigenvalue weighted by Crippen LogP contribution is 2.24. The smallest absolute Gasteiger partial charge is 0.220 e. The first-order chi connectivity index (χ1) is 10.5. The number of aromatic nitrogens is 3. The molecule has 22 heavy (non-hydrogen) atoms. The first-order valence-electron chi connectivity index (χ1n) is 7.67. The average molecular weight is 300 g/mol. The number of carbonyl (C=O) groups excluding carboxylic acids is 1. The van der Waals surface area contributed by atoms with Gasteiger partial charge in [0.2, 0.25) is 5.91 Å². The summed E-state index contributed by atoms with van der Waals surface area (Å²) in [5, 5.41) is 10.2. The van der Waals surface area contributed by atoms with Crippen LogP contribution in [0.5, 0.6) is 0 Å². The van der Waals surface area contributed by atoms with Crippen molar-refractivity contribution in [1.29, 1.82) is 0 Å². The van der Waals surface area contributed by atoms with Crippen molar-refractivity contribution < 1.29 is 4.79 Å². The molecule has 0 saturated carbocycles. The molecule has 1 amide bonds. The fourth-order valence-electron chi connectivity index (χ4n) is 2.81. The van der Waals surface area contributed by atoms with Gasteiger partial charge in [-0.05, 0) is 48.9 Å². The lowest BCUT2D eigenvalue weighted by atomic mass is 9.95. The van der Waals surface area contributed by atoms with E-state index in [-0.39, 0.29) is 17.7 Å². The number of nitrogens with one attached hydrogen (secondary N) is 2. The zero-order valence-corrected chi connectivity index (χ0v) is 13.7. The summed E-state index contributed by atoms with van der Waals surface area (Å²) in [4.78, 5) is 16.2. The molecule has 2 aromatic rings. The van der Waals surface area contributed by atoms with Crippen molar-refractivity contribution in [2.45, 2.75) is 46.0 Å². The number of nitrogens with zero attached hydrogens (tertiary/aromatic N) is 2. The first-order valence-corrected chi connectivity index (χ1v) is 7.67. The minimum Gasteiger partial charge on any atom is -0.355 e. The maximum Gasteiger partial charge on any atom is 0.220 e. The van der Waals surface area contributed by atoms with Crippen molar-refractivity contribution in [3.63, 3.8) is 0 Å². The number of carbonyl (C=O) groups is 1. The minimum absolute atomic E-state index is 0.0772. The molecule has 0 fully saturated rings. The average Bonchev–Trinajstić information content (AvgIpc) is 2.84. The summed E-state index contributed by atoms with van der Waals surface area (Å²) in [6.07, 6.45) is 4.03. The third kappa shape index (κ3) is 3.93. The van der Waals surface area contributed by atoms with Gasteiger partial charge in [0.1, 0.15) is 0 Å². The number of hydrogen-bond donors (Lipinski definition) is 2. The van der Waals surface area contributed by atoms with Crippen LogP contribution >= 0.6 is 0 Å². The van der Waals surface area contributed by atoms with Gasteiger partial charge < -0.3 is 5.32 Å². The van der Waals surface area contributed by atoms with Crippen molar-refractivity contribution in [1.82, 2.24) is 20.5 Å². The Morgan fingerprint density at radius 2 is 1.91 bits per heavy atom. The van der Waals surface area contributed by atoms with E-state index < -0.39 is 0 Å². The Morgan fingerprint density at radius 1 is 1.23 bits per heavy atom. The van der Waals surface area contributed by atoms with Crippen LogP contribution < -0.4 is 5.32 Å². The topological polar surface area (TPSA) is 70.7 Å². The molecule has 0 saturated heterocycles. The molecule has 5 heteroatoms. The maximum atomic E-state index is 12.2. The Labute approximate surface area is 131 Å². The predicted octanol–water partition coefficient (Wildman–Crippen LogP) is 2.84. The fourth-order valence-corrected chi connectivity index (χ4v) is 2.81. The van der Waals surface area contributed by atoms with E-state index in [2.05, 4.69) is 34.3 Å². The van der Waals surface area contributed by atoms with E-state index in [0.717, 1.165) is 17.0 Å². The number of hydrogen-bond acceptors (Lipinski definition) is 3. The number of H-pyrrole nitrogens is 1. The molecule has 0 radical (unpaired) electrons. The Morgan fingerprint density at radius 3 is 2.50 bits per heavy atom. The van der Waals surface area contributed by atoms with Gasteiger partial charge in [-0.15, -0.1) is 0 Å². The van der Waals surface area contributed by atoms with Crippen LogP contribution in [-0.2, 0) is 4.79 Å². The molecule has 2 N–H and O–H groups in total. The van der Waals surface area contributed by atoms with Crippen LogP contribution in [0, 0.1) is 13.8 Å². The molecule has 2 rings (SSSR count). The van der Waals surface area contributed by atoms with Gasteiger partial charge in [0.15, 0.2) is 0 Å². The number of aromatic amines is 1. The standard InChI is InChI=1S/C17H24N4O/c1-11(17-13(3)20-21-14(17)4)9-16(22)19-10-12(2)15-5-7-18-8-6-15/h5-8,11-12H,9-10H2,1-4H3,(H,19,22)(H,20,21)/t11-,12+/m0/s1. The van der Waals surface area contributed by atoms with E-state index in [1.54, 1.807) is 12.4 Å². The van der Waals surface area contributed by atoms with Gasteiger partial charge in [0.25, 0.3) is 0 Å². The molecular formula is C17H24N4O. The monoisotopic (exact) mass is 300 g/mol. The summed E-state index contributed by atoms with van der Waals surface area (Å²) in [6.45, 7) is 8.77. The SMILES string of the molecule is Cc1n[nH]c(C)c1[C@@H](C)CC(=O)NC[C@@H](C)c1ccncc1. The van der Waals surface area contributed by atoms with Gasteiger partial charge in [-0.3, -0.25) is 14.9 Å². The zero-order valence-electron chi connectivity index (χ0n) is 13.7. The van der Waals surface area contributed by atoms with E-state index in [0.29, 0.717) is 13.0 Å². The Kier molecular flexibility index (Phi) is 5.31. The van der Waals surface area contributed by atoms with Gasteiger partial charge in [0.05, 0.1) is 5.69 Å². The van der Waals surface area contributed by atoms with Crippen molar-refractivity contribution in [2.24, 2.45) is 0 Å². The Balaban J connectivity index is 1.86. The van der Waals surface area contributed by atoms with E-state index in [4.69, 9.17) is 0 Å². The highest BCUT2D eigenvalue weighted by Gasteiger charge is 2.18. The first kappa shape index (κ1) is 16.2. The van der Waals surface area contributed by atoms with Crippen molar-refractivity contribution >= 4 is 5.91 Å². The van der Waals surface area contributed by atoms with Gasteiger partial charge in [0, 0.05) is 31.1 Å². The summed E-state index contributed by atoms with van der Waals surface area (Å²) in [6, 6.07) is 3.97. The summed E-state index contributed by atoms with van der Waals surface area (Å²) in [7, 11) is 0. The maximum absolute atomic E-state index is 12.2. The lowest BCUT2D eigenvalue weighted by Gasteiger charge is -2.15. The minimum atomic E-state index is 0.0772. The van der Waals surface area contributed by atoms with E-state index in [1.165, 1.54) is 5.56 Å². The summed E-state index contributed by atoms with van der Waals surface area (Å²) in [5.41, 5.74) is 4.35. The van der Waals surface area contributed by atoms with Crippen molar-refractivity contribution in [3.8, 4) is 0 Å². The Bertz CT molecular complexity index is 601. The summed E-state index contributed by atoms with van der Waals surface area (Å²) >= 11 is 0. The normalized spacial score (nSPS) is 13.6. The Hall–Kier alpha value is -2.17. The van der Waals surface area contributed by atoms with E-state index in [9.17, 15) is 4.79 Å². The number of aryl methyl sites for hydroxylation is 2. The molecule has 0 aliphatic carbocycles. The fraction of sp³-hybridized carbons (Fsp3) is 0.471. The second-order valence-electron chi connectivity index (χ2n) is 5.94. The molecule has 0 aliphatic rings. The van der Waals surface area contributed by atoms with Crippen LogP contribution in [0.2, 0.25) is 0 Å². The molecule has 0 unspecified atom stereocenters. The van der Waals surface area contributed by atoms with Gasteiger partial charge in [-0.25, -0.2) is 0 Å². The highest BCUT2D eigenvalue weighted by atomic mass is 16.1. The molecule has 0 aromatic carbocycles. The quantitative estimate of drug-likeness (QED) is 0.861. The van der Waals surface area contributed by atoms with Crippen LogP contribution in [0.15, 0.2) is 24.5 Å². The largest absolute Gasteiger partial charge is 0.355 e. The number of rotatable bonds is 6. The van der Waals surface area contributed by atoms with E-state index >= 15 is 0 Å². The zero-order chi connectivity index (χ0) is 16.1. The van der Waals surface area contributed by atoms with Gasteiger partial charge >= 0.3 is 0 Å². The van der Waals surface area contributed by atoms with Crippen LogP contribution in [0.1, 0.15) is 54.6 Å². The molecule has 0 bridgehead atoms. The van der Waals surface area contributed by atoms with Crippen molar-refractivity contribution in [3.05, 3.63) is 47.0 Å². The number of pyridine rings is 1. The third-order valence-electron chi connectivity index (χ3n) is 4.05. The van der Waals surface area contributed by atoms with E-state index in [1.807, 2.05) is 26.0 Å². The molecule has 2 atom stereocenters. The molecule has 2 heterocycles. The predicted molar refractivity (Wildman–Crippen MR) is 86.8 cm³/mol. The van der Waals surface area contributed by atoms with Crippen molar-refractivity contribution in [2.75, 3.05) is 6.54 Å². The third-order valence-corrected chi connectivity index (χ3v) is 4.05. The van der Waals surface area contributed by atoms with Crippen LogP contribution in [0.3, 0.4) is 0 Å². The summed E-state index contributed by atoms with van der Waals surface area (Å²) < 4.78 is 0. The lowest BCUT2D eigenvalue weighted by molar-refractivity contribution is -0.121. The molecular weight excluding hydrogens is 276 g/mol. The summed E-state index contributed by atoms with van der Waals surface area (Å²) in [5.74, 6) is 0.517. The van der Waals surface area contributed by atoms with Gasteiger partial charge in [-0.1, -0.05) is 13.8 Å². The second kappa shape index (κ2) is 7.20. The molecule has 2 aromatic heterocycles. The van der Waals surface area contributed by atoms with Gasteiger partial charge in [-0.2, -0.15) is 5.10 Å². The van der Waals surface area contributed by atoms with Crippen LogP contribution in [0.25, 0.3) is 0 Å². The molecule has 118 valence electrons. The molecule has 0 aliphatic heterocycles. The van der Waals surface area contributed by atoms with Crippen LogP contribution in [-0.4, -0.2) is 27.6 Å². The lowest BCUT2D eigenvalue weighted by Crippen LogP contribution is -2.28. The molecule has 5 nitrogen and oxygen atoms in total. The second-order valence-corrected chi connectivity index (χ2v) is 5.94. The van der Waals surface area contributed by atoms with Crippen LogP contribution in [0.4, 0.5) is 0 Å². The number of amides is 1.